The number of halogens is 3. The summed E-state index contributed by atoms with van der Waals surface area (Å²) >= 11 is 3.35. The molecule has 0 saturated heterocycles. The average molecular weight is 351 g/mol. The number of nitrogens with two attached hydrogens (primary N) is 1. The van der Waals surface area contributed by atoms with Gasteiger partial charge in [0.2, 0.25) is 0 Å². The molecule has 3 nitrogen and oxygen atoms in total. The predicted octanol–water partition coefficient (Wildman–Crippen LogP) is 4.63. The van der Waals surface area contributed by atoms with Crippen LogP contribution in [-0.4, -0.2) is 5.16 Å². The molecule has 21 heavy (non-hydrogen) atoms. The van der Waals surface area contributed by atoms with Crippen LogP contribution in [0.15, 0.2) is 51.5 Å². The Bertz CT molecular complexity index is 817. The van der Waals surface area contributed by atoms with Gasteiger partial charge in [0.1, 0.15) is 11.6 Å². The molecule has 3 rings (SSSR count). The number of nitrogen functional groups attached to an aromatic ring is 1. The molecule has 6 heteroatoms. The second-order valence-electron chi connectivity index (χ2n) is 4.41. The predicted molar refractivity (Wildman–Crippen MR) is 79.4 cm³/mol. The fourth-order valence-corrected chi connectivity index (χ4v) is 2.48. The molecule has 1 aromatic heterocycles. The Morgan fingerprint density at radius 1 is 1.10 bits per heavy atom. The quantitative estimate of drug-likeness (QED) is 0.732. The van der Waals surface area contributed by atoms with Crippen LogP contribution in [0.1, 0.15) is 0 Å². The Morgan fingerprint density at radius 3 is 2.62 bits per heavy atom. The molecule has 0 aliphatic carbocycles. The van der Waals surface area contributed by atoms with Gasteiger partial charge in [0.15, 0.2) is 11.6 Å². The number of rotatable bonds is 2. The summed E-state index contributed by atoms with van der Waals surface area (Å²) in [5, 5.41) is 3.69. The molecule has 2 N–H and O–H groups in total. The van der Waals surface area contributed by atoms with Gasteiger partial charge in [-0.2, -0.15) is 0 Å². The van der Waals surface area contributed by atoms with Crippen molar-refractivity contribution in [1.82, 2.24) is 5.16 Å². The molecule has 0 spiro atoms. The van der Waals surface area contributed by atoms with Gasteiger partial charge in [-0.05, 0) is 24.3 Å². The monoisotopic (exact) mass is 350 g/mol. The van der Waals surface area contributed by atoms with Crippen molar-refractivity contribution in [3.8, 4) is 22.5 Å². The largest absolute Gasteiger partial charge is 0.380 e. The van der Waals surface area contributed by atoms with Crippen molar-refractivity contribution in [2.75, 3.05) is 5.73 Å². The summed E-state index contributed by atoms with van der Waals surface area (Å²) in [6.07, 6.45) is 0. The third-order valence-electron chi connectivity index (χ3n) is 3.01. The first-order chi connectivity index (χ1) is 10.1. The molecule has 0 atom stereocenters. The molecule has 0 unspecified atom stereocenters. The normalized spacial score (nSPS) is 10.8. The van der Waals surface area contributed by atoms with Crippen LogP contribution in [0.2, 0.25) is 0 Å². The van der Waals surface area contributed by atoms with E-state index in [9.17, 15) is 8.78 Å². The van der Waals surface area contributed by atoms with Gasteiger partial charge in [0.05, 0.1) is 5.56 Å². The Balaban J connectivity index is 2.22. The van der Waals surface area contributed by atoms with Crippen molar-refractivity contribution in [2.45, 2.75) is 0 Å². The van der Waals surface area contributed by atoms with Gasteiger partial charge >= 0.3 is 0 Å². The van der Waals surface area contributed by atoms with Gasteiger partial charge in [0, 0.05) is 21.7 Å². The van der Waals surface area contributed by atoms with E-state index in [1.165, 1.54) is 6.07 Å². The minimum Gasteiger partial charge on any atom is -0.380 e. The summed E-state index contributed by atoms with van der Waals surface area (Å²) in [5.41, 5.74) is 6.92. The molecule has 106 valence electrons. The maximum Gasteiger partial charge on any atom is 0.177 e. The highest BCUT2D eigenvalue weighted by Crippen LogP contribution is 2.38. The smallest absolute Gasteiger partial charge is 0.177 e. The van der Waals surface area contributed by atoms with Crippen LogP contribution in [0.3, 0.4) is 0 Å². The first kappa shape index (κ1) is 13.8. The average Bonchev–Trinajstić information content (AvgIpc) is 2.81. The summed E-state index contributed by atoms with van der Waals surface area (Å²) in [4.78, 5) is 0. The van der Waals surface area contributed by atoms with Crippen LogP contribution in [-0.2, 0) is 0 Å². The fraction of sp³-hybridized carbons (Fsp3) is 0. The number of benzene rings is 2. The Morgan fingerprint density at radius 2 is 1.90 bits per heavy atom. The van der Waals surface area contributed by atoms with E-state index in [1.807, 2.05) is 12.1 Å². The van der Waals surface area contributed by atoms with Gasteiger partial charge in [-0.3, -0.25) is 0 Å². The van der Waals surface area contributed by atoms with Crippen molar-refractivity contribution in [3.05, 3.63) is 58.6 Å². The minimum atomic E-state index is -0.721. The van der Waals surface area contributed by atoms with Crippen molar-refractivity contribution in [3.63, 3.8) is 0 Å². The summed E-state index contributed by atoms with van der Waals surface area (Å²) < 4.78 is 33.1. The lowest BCUT2D eigenvalue weighted by Crippen LogP contribution is -1.92. The van der Waals surface area contributed by atoms with E-state index in [0.29, 0.717) is 16.9 Å². The molecule has 0 saturated carbocycles. The lowest BCUT2D eigenvalue weighted by atomic mass is 10.0. The molecule has 2 aromatic carbocycles. The van der Waals surface area contributed by atoms with E-state index >= 15 is 0 Å². The zero-order chi connectivity index (χ0) is 15.0. The zero-order valence-corrected chi connectivity index (χ0v) is 12.2. The summed E-state index contributed by atoms with van der Waals surface area (Å²) in [6, 6.07) is 10.5. The molecule has 0 bridgehead atoms. The van der Waals surface area contributed by atoms with Crippen LogP contribution in [0, 0.1) is 11.6 Å². The third kappa shape index (κ3) is 2.54. The van der Waals surface area contributed by atoms with E-state index in [4.69, 9.17) is 10.3 Å². The van der Waals surface area contributed by atoms with Crippen molar-refractivity contribution in [1.29, 1.82) is 0 Å². The van der Waals surface area contributed by atoms with Gasteiger partial charge in [-0.15, -0.1) is 0 Å². The highest BCUT2D eigenvalue weighted by molar-refractivity contribution is 9.10. The van der Waals surface area contributed by atoms with E-state index in [-0.39, 0.29) is 11.4 Å². The first-order valence-electron chi connectivity index (χ1n) is 6.03. The van der Waals surface area contributed by atoms with Crippen LogP contribution in [0.5, 0.6) is 0 Å². The van der Waals surface area contributed by atoms with Crippen molar-refractivity contribution in [2.24, 2.45) is 0 Å². The molecular weight excluding hydrogens is 342 g/mol. The number of hydrogen-bond donors (Lipinski definition) is 1. The third-order valence-corrected chi connectivity index (χ3v) is 3.50. The van der Waals surface area contributed by atoms with Crippen LogP contribution in [0.4, 0.5) is 14.6 Å². The van der Waals surface area contributed by atoms with E-state index in [1.54, 1.807) is 12.1 Å². The van der Waals surface area contributed by atoms with Gasteiger partial charge in [-0.1, -0.05) is 33.2 Å². The number of anilines is 1. The van der Waals surface area contributed by atoms with Gasteiger partial charge < -0.3 is 10.3 Å². The lowest BCUT2D eigenvalue weighted by molar-refractivity contribution is 0.436. The zero-order valence-electron chi connectivity index (χ0n) is 10.6. The molecular formula is C15H9BrF2N2O. The Labute approximate surface area is 127 Å². The Kier molecular flexibility index (Phi) is 3.47. The summed E-state index contributed by atoms with van der Waals surface area (Å²) in [6.45, 7) is 0. The summed E-state index contributed by atoms with van der Waals surface area (Å²) in [7, 11) is 0. The van der Waals surface area contributed by atoms with Crippen LogP contribution < -0.4 is 5.73 Å². The lowest BCUT2D eigenvalue weighted by Gasteiger charge is -2.05. The van der Waals surface area contributed by atoms with Crippen molar-refractivity contribution >= 4 is 21.7 Å². The molecule has 3 aromatic rings. The second kappa shape index (κ2) is 5.29. The fourth-order valence-electron chi connectivity index (χ4n) is 2.08. The maximum atomic E-state index is 14.0. The number of hydrogen-bond acceptors (Lipinski definition) is 3. The SMILES string of the molecule is Nc1noc(-c2cccc(Br)c2)c1-c1ccc(F)cc1F. The second-order valence-corrected chi connectivity index (χ2v) is 5.32. The molecule has 0 aliphatic rings. The molecule has 0 radical (unpaired) electrons. The number of aromatic nitrogens is 1. The van der Waals surface area contributed by atoms with E-state index in [0.717, 1.165) is 16.6 Å². The van der Waals surface area contributed by atoms with Crippen molar-refractivity contribution < 1.29 is 13.3 Å². The van der Waals surface area contributed by atoms with E-state index < -0.39 is 11.6 Å². The Hall–Kier alpha value is -2.21. The molecule has 0 fully saturated rings. The maximum absolute atomic E-state index is 14.0. The van der Waals surface area contributed by atoms with Gasteiger partial charge in [-0.25, -0.2) is 8.78 Å². The van der Waals surface area contributed by atoms with Crippen LogP contribution >= 0.6 is 15.9 Å². The molecule has 1 heterocycles. The number of nitrogens with zero attached hydrogens (tertiary/aromatic N) is 1. The highest BCUT2D eigenvalue weighted by Gasteiger charge is 2.20. The van der Waals surface area contributed by atoms with E-state index in [2.05, 4.69) is 21.1 Å². The highest BCUT2D eigenvalue weighted by atomic mass is 79.9. The first-order valence-corrected chi connectivity index (χ1v) is 6.82. The molecule has 0 amide bonds. The van der Waals surface area contributed by atoms with Crippen LogP contribution in [0.25, 0.3) is 22.5 Å². The topological polar surface area (TPSA) is 52.0 Å². The standard InChI is InChI=1S/C15H9BrF2N2O/c16-9-3-1-2-8(6-9)14-13(15(19)20-21-14)11-5-4-10(17)7-12(11)18/h1-7H,(H2,19,20). The van der Waals surface area contributed by atoms with Gasteiger partial charge in [0.25, 0.3) is 0 Å². The minimum absolute atomic E-state index is 0.0514. The summed E-state index contributed by atoms with van der Waals surface area (Å²) in [5.74, 6) is -0.994. The molecule has 0 aliphatic heterocycles.